The first-order chi connectivity index (χ1) is 12.3. The van der Waals surface area contributed by atoms with Gasteiger partial charge in [0.25, 0.3) is 0 Å². The van der Waals surface area contributed by atoms with Gasteiger partial charge in [-0.2, -0.15) is 0 Å². The van der Waals surface area contributed by atoms with Crippen molar-refractivity contribution in [3.05, 3.63) is 84.0 Å². The van der Waals surface area contributed by atoms with Crippen molar-refractivity contribution in [2.45, 2.75) is 0 Å². The molecule has 0 saturated heterocycles. The summed E-state index contributed by atoms with van der Waals surface area (Å²) < 4.78 is 0. The monoisotopic (exact) mass is 340 g/mol. The summed E-state index contributed by atoms with van der Waals surface area (Å²) in [5, 5.41) is 6.22. The summed E-state index contributed by atoms with van der Waals surface area (Å²) in [5.41, 5.74) is 2.65. The molecule has 0 aliphatic carbocycles. The molecular weight excluding hydrogens is 328 g/mol. The third-order valence-corrected chi connectivity index (χ3v) is 4.76. The van der Waals surface area contributed by atoms with Crippen molar-refractivity contribution in [3.8, 4) is 11.4 Å². The fraction of sp³-hybridized carbons (Fsp3) is 0. The molecule has 0 saturated carbocycles. The summed E-state index contributed by atoms with van der Waals surface area (Å²) >= 11 is 6.12. The van der Waals surface area contributed by atoms with E-state index in [0.29, 0.717) is 5.15 Å². The lowest BCUT2D eigenvalue weighted by Gasteiger charge is -2.11. The number of fused-ring (bicyclic) bond motifs is 5. The molecule has 0 aliphatic rings. The number of rotatable bonds is 1. The second kappa shape index (κ2) is 5.54. The highest BCUT2D eigenvalue weighted by atomic mass is 35.5. The molecule has 2 heterocycles. The van der Waals surface area contributed by atoms with Crippen LogP contribution in [0.2, 0.25) is 5.15 Å². The Morgan fingerprint density at radius 2 is 1.32 bits per heavy atom. The van der Waals surface area contributed by atoms with Gasteiger partial charge in [0.05, 0.1) is 16.9 Å². The zero-order chi connectivity index (χ0) is 16.8. The molecule has 3 heteroatoms. The normalized spacial score (nSPS) is 11.4. The smallest absolute Gasteiger partial charge is 0.129 e. The van der Waals surface area contributed by atoms with E-state index in [4.69, 9.17) is 16.6 Å². The Kier molecular flexibility index (Phi) is 3.19. The molecular formula is C22H13ClN2. The standard InChI is InChI=1S/C22H13ClN2/c23-20-11-5-10-19(24-20)22-17-9-4-3-8-16(17)18-13-12-14-6-1-2-7-15(14)21(18)25-22/h1-13H. The van der Waals surface area contributed by atoms with Crippen molar-refractivity contribution < 1.29 is 0 Å². The molecule has 0 fully saturated rings. The van der Waals surface area contributed by atoms with Gasteiger partial charge in [-0.05, 0) is 22.9 Å². The van der Waals surface area contributed by atoms with Crippen LogP contribution >= 0.6 is 11.6 Å². The summed E-state index contributed by atoms with van der Waals surface area (Å²) in [6.45, 7) is 0. The first-order valence-electron chi connectivity index (χ1n) is 8.14. The molecule has 5 rings (SSSR count). The van der Waals surface area contributed by atoms with E-state index in [1.165, 1.54) is 10.8 Å². The van der Waals surface area contributed by atoms with Gasteiger partial charge >= 0.3 is 0 Å². The Morgan fingerprint density at radius 3 is 2.16 bits per heavy atom. The summed E-state index contributed by atoms with van der Waals surface area (Å²) in [6.07, 6.45) is 0. The van der Waals surface area contributed by atoms with E-state index in [-0.39, 0.29) is 0 Å². The first kappa shape index (κ1) is 14.4. The molecule has 2 aromatic heterocycles. The Bertz CT molecular complexity index is 1260. The van der Waals surface area contributed by atoms with E-state index in [2.05, 4.69) is 59.6 Å². The number of aromatic nitrogens is 2. The molecule has 0 spiro atoms. The van der Waals surface area contributed by atoms with Crippen LogP contribution in [0.3, 0.4) is 0 Å². The van der Waals surface area contributed by atoms with Crippen molar-refractivity contribution in [2.24, 2.45) is 0 Å². The lowest BCUT2D eigenvalue weighted by molar-refractivity contribution is 1.29. The quantitative estimate of drug-likeness (QED) is 0.266. The van der Waals surface area contributed by atoms with Crippen LogP contribution in [-0.4, -0.2) is 9.97 Å². The van der Waals surface area contributed by atoms with E-state index in [0.717, 1.165) is 33.1 Å². The van der Waals surface area contributed by atoms with Gasteiger partial charge in [0.1, 0.15) is 5.15 Å². The highest BCUT2D eigenvalue weighted by Gasteiger charge is 2.13. The number of halogens is 1. The van der Waals surface area contributed by atoms with Gasteiger partial charge in [0.15, 0.2) is 0 Å². The molecule has 25 heavy (non-hydrogen) atoms. The summed E-state index contributed by atoms with van der Waals surface area (Å²) in [4.78, 5) is 9.51. The lowest BCUT2D eigenvalue weighted by Crippen LogP contribution is -1.92. The Labute approximate surface area is 149 Å². The molecule has 0 unspecified atom stereocenters. The summed E-state index contributed by atoms with van der Waals surface area (Å²) in [6, 6.07) is 26.6. The molecule has 0 bridgehead atoms. The zero-order valence-corrected chi connectivity index (χ0v) is 14.0. The largest absolute Gasteiger partial charge is 0.245 e. The minimum Gasteiger partial charge on any atom is -0.245 e. The number of nitrogens with zero attached hydrogens (tertiary/aromatic N) is 2. The van der Waals surface area contributed by atoms with Crippen molar-refractivity contribution in [3.63, 3.8) is 0 Å². The van der Waals surface area contributed by atoms with Gasteiger partial charge in [-0.25, -0.2) is 9.97 Å². The van der Waals surface area contributed by atoms with E-state index in [9.17, 15) is 0 Å². The number of hydrogen-bond acceptors (Lipinski definition) is 2. The van der Waals surface area contributed by atoms with Crippen LogP contribution in [0.25, 0.3) is 43.8 Å². The molecule has 118 valence electrons. The van der Waals surface area contributed by atoms with E-state index in [1.54, 1.807) is 6.07 Å². The minimum absolute atomic E-state index is 0.474. The van der Waals surface area contributed by atoms with Crippen LogP contribution in [0.15, 0.2) is 78.9 Å². The SMILES string of the molecule is Clc1cccc(-c2nc3c4ccccc4ccc3c3ccccc23)n1. The lowest BCUT2D eigenvalue weighted by atomic mass is 9.99. The Balaban J connectivity index is 2.00. The number of benzene rings is 3. The average molecular weight is 341 g/mol. The topological polar surface area (TPSA) is 25.8 Å². The molecule has 3 aromatic carbocycles. The highest BCUT2D eigenvalue weighted by molar-refractivity contribution is 6.29. The predicted octanol–water partition coefficient (Wildman–Crippen LogP) is 6.26. The van der Waals surface area contributed by atoms with Gasteiger partial charge in [-0.1, -0.05) is 78.3 Å². The van der Waals surface area contributed by atoms with Gasteiger partial charge in [-0.15, -0.1) is 0 Å². The van der Waals surface area contributed by atoms with E-state index in [1.807, 2.05) is 18.2 Å². The maximum absolute atomic E-state index is 6.12. The maximum atomic E-state index is 6.12. The van der Waals surface area contributed by atoms with Crippen LogP contribution in [0.1, 0.15) is 0 Å². The molecule has 0 amide bonds. The molecule has 0 radical (unpaired) electrons. The van der Waals surface area contributed by atoms with E-state index >= 15 is 0 Å². The number of pyridine rings is 2. The number of hydrogen-bond donors (Lipinski definition) is 0. The Morgan fingerprint density at radius 1 is 0.560 bits per heavy atom. The molecule has 2 nitrogen and oxygen atoms in total. The van der Waals surface area contributed by atoms with Gasteiger partial charge < -0.3 is 0 Å². The van der Waals surface area contributed by atoms with Crippen molar-refractivity contribution in [1.82, 2.24) is 9.97 Å². The van der Waals surface area contributed by atoms with Crippen LogP contribution in [-0.2, 0) is 0 Å². The third kappa shape index (κ3) is 2.26. The summed E-state index contributed by atoms with van der Waals surface area (Å²) in [5.74, 6) is 0. The first-order valence-corrected chi connectivity index (χ1v) is 8.52. The van der Waals surface area contributed by atoms with Crippen molar-refractivity contribution in [1.29, 1.82) is 0 Å². The fourth-order valence-corrected chi connectivity index (χ4v) is 3.59. The average Bonchev–Trinajstić information content (AvgIpc) is 2.67. The van der Waals surface area contributed by atoms with Gasteiger partial charge in [-0.3, -0.25) is 0 Å². The van der Waals surface area contributed by atoms with Crippen LogP contribution in [0, 0.1) is 0 Å². The molecule has 0 N–H and O–H groups in total. The van der Waals surface area contributed by atoms with Crippen LogP contribution in [0.4, 0.5) is 0 Å². The highest BCUT2D eigenvalue weighted by Crippen LogP contribution is 2.34. The van der Waals surface area contributed by atoms with Crippen LogP contribution < -0.4 is 0 Å². The summed E-state index contributed by atoms with van der Waals surface area (Å²) in [7, 11) is 0. The van der Waals surface area contributed by atoms with Gasteiger partial charge in [0.2, 0.25) is 0 Å². The Hall–Kier alpha value is -2.97. The third-order valence-electron chi connectivity index (χ3n) is 4.55. The minimum atomic E-state index is 0.474. The molecule has 0 aliphatic heterocycles. The molecule has 0 atom stereocenters. The van der Waals surface area contributed by atoms with Gasteiger partial charge in [0, 0.05) is 16.2 Å². The second-order valence-electron chi connectivity index (χ2n) is 6.03. The molecule has 5 aromatic rings. The van der Waals surface area contributed by atoms with E-state index < -0.39 is 0 Å². The zero-order valence-electron chi connectivity index (χ0n) is 13.3. The predicted molar refractivity (Wildman–Crippen MR) is 105 cm³/mol. The van der Waals surface area contributed by atoms with Crippen molar-refractivity contribution >= 4 is 44.0 Å². The van der Waals surface area contributed by atoms with Crippen molar-refractivity contribution in [2.75, 3.05) is 0 Å². The maximum Gasteiger partial charge on any atom is 0.129 e. The van der Waals surface area contributed by atoms with Crippen LogP contribution in [0.5, 0.6) is 0 Å². The second-order valence-corrected chi connectivity index (χ2v) is 6.42. The fourth-order valence-electron chi connectivity index (χ4n) is 3.42.